The molecule has 1 aromatic carbocycles. The third kappa shape index (κ3) is 4.40. The molecular formula is C16H20N2O3S2. The van der Waals surface area contributed by atoms with Crippen LogP contribution in [0.15, 0.2) is 46.7 Å². The number of amides is 1. The molecule has 0 spiro atoms. The molecule has 0 radical (unpaired) electrons. The molecule has 1 unspecified atom stereocenters. The molecule has 0 saturated carbocycles. The minimum Gasteiger partial charge on any atom is -0.351 e. The van der Waals surface area contributed by atoms with Gasteiger partial charge < -0.3 is 5.32 Å². The van der Waals surface area contributed by atoms with Gasteiger partial charge >= 0.3 is 0 Å². The van der Waals surface area contributed by atoms with Crippen molar-refractivity contribution in [1.29, 1.82) is 0 Å². The van der Waals surface area contributed by atoms with Gasteiger partial charge in [-0.15, -0.1) is 11.3 Å². The summed E-state index contributed by atoms with van der Waals surface area (Å²) in [6.45, 7) is 2.30. The van der Waals surface area contributed by atoms with Crippen molar-refractivity contribution in [2.24, 2.45) is 0 Å². The molecule has 0 aliphatic rings. The highest BCUT2D eigenvalue weighted by atomic mass is 32.2. The Kier molecular flexibility index (Phi) is 5.92. The highest BCUT2D eigenvalue weighted by Crippen LogP contribution is 2.22. The fourth-order valence-electron chi connectivity index (χ4n) is 2.25. The Hall–Kier alpha value is -1.70. The molecule has 124 valence electrons. The molecule has 1 amide bonds. The van der Waals surface area contributed by atoms with E-state index >= 15 is 0 Å². The largest absolute Gasteiger partial charge is 0.351 e. The highest BCUT2D eigenvalue weighted by Gasteiger charge is 2.19. The third-order valence-electron chi connectivity index (χ3n) is 3.53. The molecule has 0 fully saturated rings. The van der Waals surface area contributed by atoms with Crippen LogP contribution < -0.4 is 10.0 Å². The van der Waals surface area contributed by atoms with Gasteiger partial charge in [0.1, 0.15) is 4.21 Å². The van der Waals surface area contributed by atoms with E-state index in [1.165, 1.54) is 7.05 Å². The molecule has 2 aromatic rings. The van der Waals surface area contributed by atoms with E-state index in [4.69, 9.17) is 0 Å². The molecule has 0 aliphatic carbocycles. The maximum atomic E-state index is 12.4. The van der Waals surface area contributed by atoms with E-state index in [1.807, 2.05) is 37.3 Å². The van der Waals surface area contributed by atoms with E-state index in [2.05, 4.69) is 10.0 Å². The van der Waals surface area contributed by atoms with Crippen LogP contribution in [-0.2, 0) is 21.4 Å². The molecule has 1 atom stereocenters. The quantitative estimate of drug-likeness (QED) is 0.804. The van der Waals surface area contributed by atoms with Crippen molar-refractivity contribution in [3.05, 3.63) is 52.9 Å². The van der Waals surface area contributed by atoms with E-state index in [9.17, 15) is 13.2 Å². The summed E-state index contributed by atoms with van der Waals surface area (Å²) in [4.78, 5) is 13.2. The molecule has 1 aromatic heterocycles. The second kappa shape index (κ2) is 7.72. The van der Waals surface area contributed by atoms with Gasteiger partial charge in [-0.25, -0.2) is 13.1 Å². The average Bonchev–Trinajstić information content (AvgIpc) is 3.04. The number of nitrogens with one attached hydrogen (secondary N) is 2. The van der Waals surface area contributed by atoms with Crippen molar-refractivity contribution in [3.8, 4) is 0 Å². The van der Waals surface area contributed by atoms with Gasteiger partial charge in [0.05, 0.1) is 12.5 Å². The van der Waals surface area contributed by atoms with Crippen LogP contribution in [0, 0.1) is 0 Å². The Morgan fingerprint density at radius 2 is 1.87 bits per heavy atom. The minimum atomic E-state index is -3.42. The molecular weight excluding hydrogens is 332 g/mol. The second-order valence-corrected chi connectivity index (χ2v) is 8.30. The predicted molar refractivity (Wildman–Crippen MR) is 91.9 cm³/mol. The van der Waals surface area contributed by atoms with E-state index in [0.717, 1.165) is 21.8 Å². The van der Waals surface area contributed by atoms with Crippen molar-refractivity contribution in [2.45, 2.75) is 30.0 Å². The van der Waals surface area contributed by atoms with Crippen molar-refractivity contribution in [2.75, 3.05) is 7.05 Å². The zero-order chi connectivity index (χ0) is 16.9. The smallest absolute Gasteiger partial charge is 0.249 e. The van der Waals surface area contributed by atoms with Crippen molar-refractivity contribution < 1.29 is 13.2 Å². The first-order valence-electron chi connectivity index (χ1n) is 7.33. The predicted octanol–water partition coefficient (Wildman–Crippen LogP) is 2.47. The minimum absolute atomic E-state index is 0.0508. The summed E-state index contributed by atoms with van der Waals surface area (Å²) in [7, 11) is -2.05. The van der Waals surface area contributed by atoms with E-state index < -0.39 is 10.0 Å². The lowest BCUT2D eigenvalue weighted by Crippen LogP contribution is -2.28. The van der Waals surface area contributed by atoms with Gasteiger partial charge in [0.2, 0.25) is 15.9 Å². The van der Waals surface area contributed by atoms with Crippen molar-refractivity contribution in [3.63, 3.8) is 0 Å². The average molecular weight is 352 g/mol. The molecule has 5 nitrogen and oxygen atoms in total. The number of carbonyl (C=O) groups is 1. The molecule has 23 heavy (non-hydrogen) atoms. The molecule has 7 heteroatoms. The van der Waals surface area contributed by atoms with Crippen LogP contribution in [0.2, 0.25) is 0 Å². The Bertz CT molecular complexity index is 755. The van der Waals surface area contributed by atoms with Crippen molar-refractivity contribution >= 4 is 27.3 Å². The topological polar surface area (TPSA) is 75.3 Å². The monoisotopic (exact) mass is 352 g/mol. The van der Waals surface area contributed by atoms with Gasteiger partial charge in [0.25, 0.3) is 0 Å². The number of rotatable bonds is 7. The molecule has 2 N–H and O–H groups in total. The first kappa shape index (κ1) is 17.7. The lowest BCUT2D eigenvalue weighted by molar-refractivity contribution is -0.122. The summed E-state index contributed by atoms with van der Waals surface area (Å²) in [6.07, 6.45) is 0.708. The normalized spacial score (nSPS) is 12.8. The number of thiophene rings is 1. The van der Waals surface area contributed by atoms with Crippen LogP contribution in [-0.4, -0.2) is 21.4 Å². The first-order valence-corrected chi connectivity index (χ1v) is 9.62. The van der Waals surface area contributed by atoms with Crippen LogP contribution >= 0.6 is 11.3 Å². The van der Waals surface area contributed by atoms with E-state index in [-0.39, 0.29) is 16.0 Å². The van der Waals surface area contributed by atoms with Crippen LogP contribution in [0.4, 0.5) is 0 Å². The molecule has 0 saturated heterocycles. The zero-order valence-corrected chi connectivity index (χ0v) is 14.7. The number of carbonyl (C=O) groups excluding carboxylic acids is 1. The Morgan fingerprint density at radius 1 is 1.17 bits per heavy atom. The van der Waals surface area contributed by atoms with Gasteiger partial charge in [0, 0.05) is 4.88 Å². The lowest BCUT2D eigenvalue weighted by Gasteiger charge is -2.15. The number of sulfonamides is 1. The van der Waals surface area contributed by atoms with Crippen LogP contribution in [0.1, 0.15) is 29.7 Å². The molecule has 0 bridgehead atoms. The van der Waals surface area contributed by atoms with Crippen molar-refractivity contribution in [1.82, 2.24) is 10.0 Å². The summed E-state index contributed by atoms with van der Waals surface area (Å²) >= 11 is 1.16. The maximum absolute atomic E-state index is 12.4. The Morgan fingerprint density at radius 3 is 2.48 bits per heavy atom. The Labute approximate surface area is 140 Å². The second-order valence-electron chi connectivity index (χ2n) is 5.02. The van der Waals surface area contributed by atoms with E-state index in [1.54, 1.807) is 12.1 Å². The molecule has 2 rings (SSSR count). The fraction of sp³-hybridized carbons (Fsp3) is 0.312. The summed E-state index contributed by atoms with van der Waals surface area (Å²) in [5, 5.41) is 2.89. The van der Waals surface area contributed by atoms with Gasteiger partial charge in [-0.1, -0.05) is 37.3 Å². The van der Waals surface area contributed by atoms with Crippen LogP contribution in [0.5, 0.6) is 0 Å². The third-order valence-corrected chi connectivity index (χ3v) is 6.53. The van der Waals surface area contributed by atoms with Crippen LogP contribution in [0.3, 0.4) is 0 Å². The van der Waals surface area contributed by atoms with Gasteiger partial charge in [0.15, 0.2) is 0 Å². The van der Waals surface area contributed by atoms with Gasteiger partial charge in [-0.2, -0.15) is 0 Å². The fourth-order valence-corrected chi connectivity index (χ4v) is 4.39. The van der Waals surface area contributed by atoms with Gasteiger partial charge in [-0.3, -0.25) is 4.79 Å². The van der Waals surface area contributed by atoms with Crippen LogP contribution in [0.25, 0.3) is 0 Å². The molecule has 0 aliphatic heterocycles. The summed E-state index contributed by atoms with van der Waals surface area (Å²) < 4.78 is 25.9. The number of hydrogen-bond acceptors (Lipinski definition) is 4. The zero-order valence-electron chi connectivity index (χ0n) is 13.1. The molecule has 1 heterocycles. The summed E-state index contributed by atoms with van der Waals surface area (Å²) in [6, 6.07) is 12.9. The Balaban J connectivity index is 2.02. The standard InChI is InChI=1S/C16H20N2O3S2/c1-3-14(12-7-5-4-6-8-12)16(19)18-11-13-9-10-15(22-13)23(20,21)17-2/h4-10,14,17H,3,11H2,1-2H3,(H,18,19). The highest BCUT2D eigenvalue weighted by molar-refractivity contribution is 7.91. The SMILES string of the molecule is CCC(C(=O)NCc1ccc(S(=O)(=O)NC)s1)c1ccccc1. The number of benzene rings is 1. The summed E-state index contributed by atoms with van der Waals surface area (Å²) in [5.74, 6) is -0.248. The summed E-state index contributed by atoms with van der Waals surface area (Å²) in [5.41, 5.74) is 0.983. The van der Waals surface area contributed by atoms with E-state index in [0.29, 0.717) is 13.0 Å². The maximum Gasteiger partial charge on any atom is 0.249 e. The van der Waals surface area contributed by atoms with Gasteiger partial charge in [-0.05, 0) is 31.2 Å². The first-order chi connectivity index (χ1) is 11.0. The lowest BCUT2D eigenvalue weighted by atomic mass is 9.96. The number of hydrogen-bond donors (Lipinski definition) is 2.